The number of cyclic esters (lactones) is 1. The number of alkyl carbamates (subject to hydrolysis) is 1. The quantitative estimate of drug-likeness (QED) is 0.345. The number of fused-ring (bicyclic) bond motifs is 3. The van der Waals surface area contributed by atoms with Crippen LogP contribution in [0.3, 0.4) is 0 Å². The zero-order chi connectivity index (χ0) is 38.0. The van der Waals surface area contributed by atoms with Gasteiger partial charge < -0.3 is 25.0 Å². The van der Waals surface area contributed by atoms with Gasteiger partial charge in [0.1, 0.15) is 23.7 Å². The number of allylic oxidation sites excluding steroid dienone is 1. The molecule has 14 heteroatoms. The van der Waals surface area contributed by atoms with Crippen molar-refractivity contribution in [2.24, 2.45) is 11.3 Å². The molecule has 1 saturated heterocycles. The molecule has 53 heavy (non-hydrogen) atoms. The van der Waals surface area contributed by atoms with Crippen molar-refractivity contribution in [1.29, 1.82) is 0 Å². The van der Waals surface area contributed by atoms with Crippen LogP contribution in [0.4, 0.5) is 4.79 Å². The van der Waals surface area contributed by atoms with Gasteiger partial charge in [0.15, 0.2) is 0 Å². The third kappa shape index (κ3) is 8.58. The van der Waals surface area contributed by atoms with Crippen LogP contribution in [0, 0.1) is 11.3 Å². The zero-order valence-electron chi connectivity index (χ0n) is 30.5. The Morgan fingerprint density at radius 1 is 1.09 bits per heavy atom. The van der Waals surface area contributed by atoms with Gasteiger partial charge in [-0.25, -0.2) is 18.2 Å². The maximum Gasteiger partial charge on any atom is 0.407 e. The molecule has 3 N–H and O–H groups in total. The van der Waals surface area contributed by atoms with Gasteiger partial charge in [-0.3, -0.25) is 19.1 Å². The summed E-state index contributed by atoms with van der Waals surface area (Å²) in [6.07, 6.45) is 10.00. The normalized spacial score (nSPS) is 27.4. The Balaban J connectivity index is 1.34. The number of rotatable bonds is 7. The van der Waals surface area contributed by atoms with Crippen molar-refractivity contribution in [3.63, 3.8) is 0 Å². The molecule has 4 aliphatic rings. The van der Waals surface area contributed by atoms with Crippen LogP contribution < -0.4 is 20.1 Å². The van der Waals surface area contributed by atoms with Gasteiger partial charge in [0.25, 0.3) is 5.91 Å². The maximum atomic E-state index is 14.5. The number of nitrogens with zero attached hydrogens (tertiary/aromatic N) is 2. The van der Waals surface area contributed by atoms with E-state index in [1.807, 2.05) is 42.5 Å². The van der Waals surface area contributed by atoms with Crippen molar-refractivity contribution in [3.8, 4) is 17.0 Å². The fourth-order valence-corrected chi connectivity index (χ4v) is 8.38. The first-order chi connectivity index (χ1) is 25.2. The smallest absolute Gasteiger partial charge is 0.407 e. The summed E-state index contributed by atoms with van der Waals surface area (Å²) in [5.41, 5.74) is 0.298. The van der Waals surface area contributed by atoms with Crippen molar-refractivity contribution >= 4 is 39.9 Å². The number of aromatic nitrogens is 1. The Bertz CT molecular complexity index is 1870. The first kappa shape index (κ1) is 38.0. The van der Waals surface area contributed by atoms with Gasteiger partial charge in [-0.2, -0.15) is 0 Å². The first-order valence-corrected chi connectivity index (χ1v) is 19.9. The van der Waals surface area contributed by atoms with Gasteiger partial charge in [-0.05, 0) is 67.6 Å². The molecule has 2 aromatic rings. The molecule has 5 atom stereocenters. The highest BCUT2D eigenvalue weighted by Crippen LogP contribution is 2.45. The number of ether oxygens (including phenoxy) is 2. The van der Waals surface area contributed by atoms with Crippen LogP contribution in [0.15, 0.2) is 61.3 Å². The summed E-state index contributed by atoms with van der Waals surface area (Å²) in [4.78, 5) is 61.3. The molecule has 0 radical (unpaired) electrons. The van der Waals surface area contributed by atoms with Crippen molar-refractivity contribution in [3.05, 3.63) is 66.9 Å². The summed E-state index contributed by atoms with van der Waals surface area (Å²) in [6, 6.07) is 9.56. The minimum atomic E-state index is -3.89. The Morgan fingerprint density at radius 3 is 2.53 bits per heavy atom. The summed E-state index contributed by atoms with van der Waals surface area (Å²) in [5, 5.41) is 4.91. The minimum Gasteiger partial charge on any atom is -0.472 e. The van der Waals surface area contributed by atoms with E-state index in [0.717, 1.165) is 36.0 Å². The molecule has 13 nitrogen and oxygen atoms in total. The highest BCUT2D eigenvalue weighted by atomic mass is 32.2. The Morgan fingerprint density at radius 2 is 1.85 bits per heavy atom. The Hall–Kier alpha value is -4.72. The number of sulfonamides is 1. The molecule has 3 heterocycles. The summed E-state index contributed by atoms with van der Waals surface area (Å²) >= 11 is 0. The molecule has 3 fully saturated rings. The molecule has 284 valence electrons. The van der Waals surface area contributed by atoms with E-state index < -0.39 is 74.1 Å². The number of hydrogen-bond acceptors (Lipinski definition) is 9. The van der Waals surface area contributed by atoms with Crippen molar-refractivity contribution in [1.82, 2.24) is 25.2 Å². The predicted molar refractivity (Wildman–Crippen MR) is 199 cm³/mol. The van der Waals surface area contributed by atoms with Crippen LogP contribution in [0.1, 0.15) is 77.7 Å². The number of carbonyl (C=O) groups excluding carboxylic acids is 4. The van der Waals surface area contributed by atoms with E-state index in [0.29, 0.717) is 25.1 Å². The van der Waals surface area contributed by atoms with Gasteiger partial charge in [0, 0.05) is 24.1 Å². The molecule has 2 saturated carbocycles. The van der Waals surface area contributed by atoms with Crippen molar-refractivity contribution in [2.75, 3.05) is 13.2 Å². The molecule has 0 unspecified atom stereocenters. The number of pyridine rings is 1. The first-order valence-electron chi connectivity index (χ1n) is 18.4. The highest BCUT2D eigenvalue weighted by molar-refractivity contribution is 7.91. The number of hydrogen-bond donors (Lipinski definition) is 3. The zero-order valence-corrected chi connectivity index (χ0v) is 31.3. The van der Waals surface area contributed by atoms with Gasteiger partial charge in [-0.15, -0.1) is 6.58 Å². The highest BCUT2D eigenvalue weighted by Gasteiger charge is 2.62. The fraction of sp³-hybridized carbons (Fsp3) is 0.513. The molecule has 2 aliphatic carbocycles. The summed E-state index contributed by atoms with van der Waals surface area (Å²) in [6.45, 7) is 9.35. The van der Waals surface area contributed by atoms with Crippen LogP contribution in [-0.4, -0.2) is 84.2 Å². The fourth-order valence-electron chi connectivity index (χ4n) is 7.01. The molecule has 1 aromatic carbocycles. The second-order valence-electron chi connectivity index (χ2n) is 15.4. The van der Waals surface area contributed by atoms with E-state index in [1.165, 1.54) is 11.0 Å². The summed E-state index contributed by atoms with van der Waals surface area (Å²) in [7, 11) is -3.89. The molecular weight excluding hydrogens is 699 g/mol. The van der Waals surface area contributed by atoms with Gasteiger partial charge in [0.05, 0.1) is 18.4 Å². The molecule has 2 bridgehead atoms. The lowest BCUT2D eigenvalue weighted by molar-refractivity contribution is -0.142. The van der Waals surface area contributed by atoms with Crippen LogP contribution in [0.25, 0.3) is 17.2 Å². The van der Waals surface area contributed by atoms with Crippen LogP contribution in [-0.2, 0) is 29.1 Å². The van der Waals surface area contributed by atoms with Gasteiger partial charge in [-0.1, -0.05) is 69.3 Å². The van der Waals surface area contributed by atoms with E-state index in [4.69, 9.17) is 9.47 Å². The third-order valence-corrected chi connectivity index (χ3v) is 12.1. The Kier molecular flexibility index (Phi) is 11.0. The molecule has 2 aliphatic heterocycles. The number of nitrogens with one attached hydrogen (secondary N) is 3. The van der Waals surface area contributed by atoms with Gasteiger partial charge >= 0.3 is 6.09 Å². The maximum absolute atomic E-state index is 14.5. The molecule has 4 amide bonds. The van der Waals surface area contributed by atoms with E-state index >= 15 is 0 Å². The lowest BCUT2D eigenvalue weighted by Crippen LogP contribution is -2.60. The number of benzene rings is 1. The van der Waals surface area contributed by atoms with Crippen LogP contribution in [0.2, 0.25) is 0 Å². The molecule has 6 rings (SSSR count). The van der Waals surface area contributed by atoms with Crippen molar-refractivity contribution < 1.29 is 37.1 Å². The number of carbonyl (C=O) groups is 4. The average Bonchev–Trinajstić information content (AvgIpc) is 4.05. The van der Waals surface area contributed by atoms with Crippen LogP contribution >= 0.6 is 0 Å². The Labute approximate surface area is 311 Å². The SMILES string of the molecule is C=C[C@@H]1C[C@]1(NC(=O)[C@@H]1C[C@@H]2CN1C(=O)[C@H](C(C)(C)C)NC(=O)OCCCCC/C=C\c1c(-c3ccccc3)ccnc1O2)C(=O)NS(=O)(=O)C1CC1. The third-order valence-electron chi connectivity index (χ3n) is 10.3. The lowest BCUT2D eigenvalue weighted by Gasteiger charge is -2.35. The second-order valence-corrected chi connectivity index (χ2v) is 17.4. The number of amides is 4. The second kappa shape index (κ2) is 15.3. The summed E-state index contributed by atoms with van der Waals surface area (Å²) in [5.74, 6) is -2.19. The molecule has 1 aromatic heterocycles. The molecule has 0 spiro atoms. The van der Waals surface area contributed by atoms with Gasteiger partial charge in [0.2, 0.25) is 27.7 Å². The van der Waals surface area contributed by atoms with E-state index in [1.54, 1.807) is 27.0 Å². The van der Waals surface area contributed by atoms with E-state index in [2.05, 4.69) is 33.0 Å². The van der Waals surface area contributed by atoms with Crippen LogP contribution in [0.5, 0.6) is 5.88 Å². The monoisotopic (exact) mass is 747 g/mol. The largest absolute Gasteiger partial charge is 0.472 e. The summed E-state index contributed by atoms with van der Waals surface area (Å²) < 4.78 is 39.6. The van der Waals surface area contributed by atoms with E-state index in [-0.39, 0.29) is 26.0 Å². The molecular formula is C39H49N5O8S. The lowest BCUT2D eigenvalue weighted by atomic mass is 9.85. The van der Waals surface area contributed by atoms with Crippen molar-refractivity contribution in [2.45, 2.75) is 101 Å². The standard InChI is InChI=1S/C39H49N5O8S/c1-5-26-23-39(26,36(47)43-53(49,50)28-17-18-28)42-33(45)31-22-27-24-44(31)35(46)32(38(2,3)4)41-37(48)51-21-13-8-6-7-12-16-30-29(19-20-40-34(30)52-27)25-14-10-9-11-15-25/h5,9-12,14-16,19-20,26-28,31-32H,1,6-8,13,17-18,21-24H2,2-4H3,(H,41,48)(H,42,45)(H,43,47)/b16-12-/t26-,27-,31+,32-,39-/m1/s1. The van der Waals surface area contributed by atoms with E-state index in [9.17, 15) is 27.6 Å². The average molecular weight is 748 g/mol. The minimum absolute atomic E-state index is 0.0270. The predicted octanol–water partition coefficient (Wildman–Crippen LogP) is 4.49. The topological polar surface area (TPSA) is 173 Å².